The second-order valence-corrected chi connectivity index (χ2v) is 5.39. The maximum absolute atomic E-state index is 12.2. The number of halogens is 2. The maximum Gasteiger partial charge on any atom is 0.226 e. The molecule has 2 rings (SSSR count). The van der Waals surface area contributed by atoms with Gasteiger partial charge in [0.1, 0.15) is 0 Å². The van der Waals surface area contributed by atoms with Crippen LogP contribution in [0.5, 0.6) is 0 Å². The Morgan fingerprint density at radius 1 is 1.25 bits per heavy atom. The van der Waals surface area contributed by atoms with Crippen molar-refractivity contribution in [3.05, 3.63) is 28.8 Å². The van der Waals surface area contributed by atoms with Gasteiger partial charge in [0.05, 0.1) is 0 Å². The molecule has 0 saturated heterocycles. The number of anilines is 1. The third-order valence-electron chi connectivity index (χ3n) is 3.62. The Labute approximate surface area is 131 Å². The van der Waals surface area contributed by atoms with Crippen molar-refractivity contribution < 1.29 is 4.79 Å². The highest BCUT2D eigenvalue weighted by Crippen LogP contribution is 2.33. The van der Waals surface area contributed by atoms with Crippen LogP contribution in [0.2, 0.25) is 5.02 Å². The van der Waals surface area contributed by atoms with Crippen LogP contribution in [0.1, 0.15) is 37.7 Å². The Kier molecular flexibility index (Phi) is 7.35. The molecule has 5 heteroatoms. The lowest BCUT2D eigenvalue weighted by atomic mass is 10.1. The molecule has 0 aromatic heterocycles. The summed E-state index contributed by atoms with van der Waals surface area (Å²) >= 11 is 6.15. The number of hydrogen-bond donors (Lipinski definition) is 1. The zero-order valence-electron chi connectivity index (χ0n) is 11.6. The first kappa shape index (κ1) is 17.3. The summed E-state index contributed by atoms with van der Waals surface area (Å²) in [7, 11) is 0. The van der Waals surface area contributed by atoms with Crippen molar-refractivity contribution in [3.63, 3.8) is 0 Å². The Bertz CT molecular complexity index is 451. The van der Waals surface area contributed by atoms with Crippen LogP contribution in [-0.4, -0.2) is 19.0 Å². The number of unbranched alkanes of at least 4 members (excludes halogenated alkanes) is 3. The van der Waals surface area contributed by atoms with Crippen LogP contribution < -0.4 is 10.6 Å². The first-order valence-electron chi connectivity index (χ1n) is 7.02. The molecule has 1 aliphatic rings. The van der Waals surface area contributed by atoms with Crippen LogP contribution in [0.25, 0.3) is 0 Å². The van der Waals surface area contributed by atoms with Crippen molar-refractivity contribution in [1.29, 1.82) is 0 Å². The number of nitrogens with zero attached hydrogens (tertiary/aromatic N) is 1. The molecule has 0 saturated carbocycles. The molecule has 1 aromatic rings. The average Bonchev–Trinajstić information content (AvgIpc) is 2.84. The minimum absolute atomic E-state index is 0. The second kappa shape index (κ2) is 8.50. The Hall–Kier alpha value is -0.770. The third kappa shape index (κ3) is 4.11. The van der Waals surface area contributed by atoms with Gasteiger partial charge in [-0.25, -0.2) is 0 Å². The summed E-state index contributed by atoms with van der Waals surface area (Å²) in [5.74, 6) is 0.216. The zero-order chi connectivity index (χ0) is 13.7. The minimum atomic E-state index is 0. The summed E-state index contributed by atoms with van der Waals surface area (Å²) in [6, 6.07) is 5.79. The minimum Gasteiger partial charge on any atom is -0.330 e. The van der Waals surface area contributed by atoms with Crippen molar-refractivity contribution >= 4 is 35.6 Å². The van der Waals surface area contributed by atoms with Crippen molar-refractivity contribution in [2.45, 2.75) is 38.5 Å². The van der Waals surface area contributed by atoms with Gasteiger partial charge < -0.3 is 10.6 Å². The fourth-order valence-corrected chi connectivity index (χ4v) is 2.82. The van der Waals surface area contributed by atoms with Crippen LogP contribution >= 0.6 is 24.0 Å². The highest BCUT2D eigenvalue weighted by molar-refractivity contribution is 6.32. The molecule has 0 radical (unpaired) electrons. The number of amides is 1. The predicted octanol–water partition coefficient (Wildman–Crippen LogP) is 3.56. The molecule has 3 nitrogen and oxygen atoms in total. The van der Waals surface area contributed by atoms with Gasteiger partial charge in [-0.2, -0.15) is 0 Å². The van der Waals surface area contributed by atoms with Gasteiger partial charge >= 0.3 is 0 Å². The Balaban J connectivity index is 0.00000200. The molecule has 20 heavy (non-hydrogen) atoms. The van der Waals surface area contributed by atoms with E-state index in [9.17, 15) is 4.79 Å². The summed E-state index contributed by atoms with van der Waals surface area (Å²) in [4.78, 5) is 14.1. The molecule has 1 amide bonds. The molecule has 0 unspecified atom stereocenters. The third-order valence-corrected chi connectivity index (χ3v) is 3.97. The molecule has 0 atom stereocenters. The monoisotopic (exact) mass is 316 g/mol. The fourth-order valence-electron chi connectivity index (χ4n) is 2.56. The highest BCUT2D eigenvalue weighted by Gasteiger charge is 2.25. The molecule has 2 N–H and O–H groups in total. The predicted molar refractivity (Wildman–Crippen MR) is 86.9 cm³/mol. The number of hydrogen-bond acceptors (Lipinski definition) is 2. The molecule has 1 aromatic carbocycles. The Morgan fingerprint density at radius 2 is 2.00 bits per heavy atom. The smallest absolute Gasteiger partial charge is 0.226 e. The number of fused-ring (bicyclic) bond motifs is 1. The molecule has 0 fully saturated rings. The van der Waals surface area contributed by atoms with Gasteiger partial charge in [0.2, 0.25) is 5.91 Å². The summed E-state index contributed by atoms with van der Waals surface area (Å²) in [5.41, 5.74) is 7.56. The fraction of sp³-hybridized carbons (Fsp3) is 0.533. The summed E-state index contributed by atoms with van der Waals surface area (Å²) in [5, 5.41) is 0.774. The number of carbonyl (C=O) groups excluding carboxylic acids is 1. The lowest BCUT2D eigenvalue weighted by Gasteiger charge is -2.17. The van der Waals surface area contributed by atoms with E-state index in [1.54, 1.807) is 0 Å². The largest absolute Gasteiger partial charge is 0.330 e. The lowest BCUT2D eigenvalue weighted by molar-refractivity contribution is -0.118. The average molecular weight is 317 g/mol. The zero-order valence-corrected chi connectivity index (χ0v) is 13.2. The van der Waals surface area contributed by atoms with Crippen molar-refractivity contribution in [3.8, 4) is 0 Å². The molecule has 112 valence electrons. The number of carbonyl (C=O) groups is 1. The molecule has 0 spiro atoms. The van der Waals surface area contributed by atoms with Crippen LogP contribution in [0.4, 0.5) is 5.69 Å². The van der Waals surface area contributed by atoms with E-state index in [1.165, 1.54) is 0 Å². The molecule has 0 bridgehead atoms. The van der Waals surface area contributed by atoms with Gasteiger partial charge in [-0.05, 0) is 43.5 Å². The second-order valence-electron chi connectivity index (χ2n) is 4.99. The Morgan fingerprint density at radius 3 is 2.75 bits per heavy atom. The van der Waals surface area contributed by atoms with Gasteiger partial charge in [-0.15, -0.1) is 12.4 Å². The molecule has 1 heterocycles. The van der Waals surface area contributed by atoms with Gasteiger partial charge in [0.25, 0.3) is 0 Å². The molecular formula is C15H22Cl2N2O. The SMILES string of the molecule is Cl.NCCCCCCC(=O)N1CCc2c(Cl)cccc21. The van der Waals surface area contributed by atoms with Gasteiger partial charge in [-0.3, -0.25) is 4.79 Å². The first-order valence-corrected chi connectivity index (χ1v) is 7.39. The van der Waals surface area contributed by atoms with Gasteiger partial charge in [0, 0.05) is 23.7 Å². The summed E-state index contributed by atoms with van der Waals surface area (Å²) in [6.07, 6.45) is 5.69. The van der Waals surface area contributed by atoms with E-state index in [1.807, 2.05) is 23.1 Å². The van der Waals surface area contributed by atoms with E-state index in [2.05, 4.69) is 0 Å². The maximum atomic E-state index is 12.2. The van der Waals surface area contributed by atoms with E-state index in [4.69, 9.17) is 17.3 Å². The lowest BCUT2D eigenvalue weighted by Crippen LogP contribution is -2.28. The molecular weight excluding hydrogens is 295 g/mol. The van der Waals surface area contributed by atoms with Crippen molar-refractivity contribution in [2.75, 3.05) is 18.0 Å². The van der Waals surface area contributed by atoms with E-state index in [0.717, 1.165) is 61.5 Å². The van der Waals surface area contributed by atoms with E-state index in [-0.39, 0.29) is 18.3 Å². The summed E-state index contributed by atoms with van der Waals surface area (Å²) < 4.78 is 0. The van der Waals surface area contributed by atoms with Crippen molar-refractivity contribution in [2.24, 2.45) is 5.73 Å². The van der Waals surface area contributed by atoms with Gasteiger partial charge in [-0.1, -0.05) is 30.5 Å². The number of nitrogens with two attached hydrogens (primary N) is 1. The van der Waals surface area contributed by atoms with Crippen molar-refractivity contribution in [1.82, 2.24) is 0 Å². The molecule has 1 aliphatic heterocycles. The van der Waals surface area contributed by atoms with Crippen LogP contribution in [0.15, 0.2) is 18.2 Å². The highest BCUT2D eigenvalue weighted by atomic mass is 35.5. The topological polar surface area (TPSA) is 46.3 Å². The van der Waals surface area contributed by atoms with E-state index >= 15 is 0 Å². The number of rotatable bonds is 6. The quantitative estimate of drug-likeness (QED) is 0.816. The standard InChI is InChI=1S/C15H21ClN2O.ClH/c16-13-6-5-7-14-12(13)9-11-18(14)15(19)8-3-1-2-4-10-17;/h5-7H,1-4,8-11,17H2;1H. The molecule has 0 aliphatic carbocycles. The van der Waals surface area contributed by atoms with E-state index in [0.29, 0.717) is 6.42 Å². The van der Waals surface area contributed by atoms with Crippen LogP contribution in [-0.2, 0) is 11.2 Å². The van der Waals surface area contributed by atoms with E-state index < -0.39 is 0 Å². The number of benzene rings is 1. The normalized spacial score (nSPS) is 13.0. The summed E-state index contributed by atoms with van der Waals surface area (Å²) in [6.45, 7) is 1.51. The van der Waals surface area contributed by atoms with Crippen LogP contribution in [0, 0.1) is 0 Å². The van der Waals surface area contributed by atoms with Gasteiger partial charge in [0.15, 0.2) is 0 Å². The first-order chi connectivity index (χ1) is 9.24. The van der Waals surface area contributed by atoms with Crippen LogP contribution in [0.3, 0.4) is 0 Å².